The van der Waals surface area contributed by atoms with Crippen LogP contribution in [0.5, 0.6) is 11.5 Å². The fourth-order valence-electron chi connectivity index (χ4n) is 3.44. The van der Waals surface area contributed by atoms with E-state index in [4.69, 9.17) is 21.1 Å². The number of nitrogens with zero attached hydrogens (tertiary/aromatic N) is 1. The molecule has 1 N–H and O–H groups in total. The lowest BCUT2D eigenvalue weighted by atomic mass is 10.1. The van der Waals surface area contributed by atoms with Crippen LogP contribution in [0.15, 0.2) is 66.2 Å². The third-order valence-electron chi connectivity index (χ3n) is 5.35. The van der Waals surface area contributed by atoms with Crippen molar-refractivity contribution in [3.8, 4) is 11.5 Å². The molecule has 1 fully saturated rings. The van der Waals surface area contributed by atoms with Crippen molar-refractivity contribution in [1.82, 2.24) is 5.32 Å². The molecule has 0 aromatic heterocycles. The van der Waals surface area contributed by atoms with Crippen LogP contribution in [0.25, 0.3) is 6.08 Å². The van der Waals surface area contributed by atoms with Gasteiger partial charge in [-0.25, -0.2) is 14.1 Å². The summed E-state index contributed by atoms with van der Waals surface area (Å²) in [5, 5.41) is 2.55. The Morgan fingerprint density at radius 1 is 1.03 bits per heavy atom. The SMILES string of the molecule is COc1cc(/C=C2/C(=O)NC(=O)N(c3ccc(C)c(Cl)c3)C2=O)ccc1OCc1ccccc1F. The molecular formula is C26H20ClFN2O5. The molecule has 1 heterocycles. The number of imide groups is 2. The number of ether oxygens (including phenoxy) is 2. The standard InChI is InChI=1S/C26H20ClFN2O5/c1-15-7-9-18(13-20(15)27)30-25(32)19(24(31)29-26(30)33)11-16-8-10-22(23(12-16)34-2)35-14-17-5-3-4-6-21(17)28/h3-13H,14H2,1-2H3,(H,29,31,33)/b19-11-. The quantitative estimate of drug-likeness (QED) is 0.383. The van der Waals surface area contributed by atoms with Gasteiger partial charge in [-0.15, -0.1) is 0 Å². The van der Waals surface area contributed by atoms with Crippen molar-refractivity contribution in [3.63, 3.8) is 0 Å². The molecule has 1 saturated heterocycles. The van der Waals surface area contributed by atoms with Crippen LogP contribution >= 0.6 is 11.6 Å². The van der Waals surface area contributed by atoms with E-state index in [1.807, 2.05) is 0 Å². The number of urea groups is 1. The van der Waals surface area contributed by atoms with Gasteiger partial charge in [0.05, 0.1) is 12.8 Å². The van der Waals surface area contributed by atoms with Gasteiger partial charge in [-0.3, -0.25) is 14.9 Å². The number of benzene rings is 3. The molecule has 0 aliphatic carbocycles. The number of hydrogen-bond acceptors (Lipinski definition) is 5. The monoisotopic (exact) mass is 494 g/mol. The summed E-state index contributed by atoms with van der Waals surface area (Å²) in [5.74, 6) is -1.34. The van der Waals surface area contributed by atoms with Gasteiger partial charge >= 0.3 is 6.03 Å². The number of hydrogen-bond donors (Lipinski definition) is 1. The van der Waals surface area contributed by atoms with Crippen LogP contribution < -0.4 is 19.7 Å². The number of amides is 4. The van der Waals surface area contributed by atoms with Crippen LogP contribution in [0.2, 0.25) is 5.02 Å². The summed E-state index contributed by atoms with van der Waals surface area (Å²) >= 11 is 6.15. The first kappa shape index (κ1) is 24.0. The first-order valence-electron chi connectivity index (χ1n) is 10.5. The number of anilines is 1. The van der Waals surface area contributed by atoms with Crippen molar-refractivity contribution < 1.29 is 28.2 Å². The highest BCUT2D eigenvalue weighted by Crippen LogP contribution is 2.31. The summed E-state index contributed by atoms with van der Waals surface area (Å²) in [4.78, 5) is 38.8. The summed E-state index contributed by atoms with van der Waals surface area (Å²) in [7, 11) is 1.43. The minimum atomic E-state index is -0.869. The Morgan fingerprint density at radius 2 is 1.80 bits per heavy atom. The van der Waals surface area contributed by atoms with Crippen LogP contribution in [-0.2, 0) is 16.2 Å². The minimum Gasteiger partial charge on any atom is -0.493 e. The minimum absolute atomic E-state index is 0.0134. The molecule has 178 valence electrons. The summed E-state index contributed by atoms with van der Waals surface area (Å²) in [6, 6.07) is 14.9. The zero-order valence-electron chi connectivity index (χ0n) is 18.8. The molecule has 3 aromatic carbocycles. The Kier molecular flexibility index (Phi) is 6.84. The van der Waals surface area contributed by atoms with E-state index >= 15 is 0 Å². The summed E-state index contributed by atoms with van der Waals surface area (Å²) < 4.78 is 24.9. The van der Waals surface area contributed by atoms with Gasteiger partial charge in [-0.05, 0) is 54.5 Å². The summed E-state index contributed by atoms with van der Waals surface area (Å²) in [6.45, 7) is 1.77. The van der Waals surface area contributed by atoms with Crippen molar-refractivity contribution in [1.29, 1.82) is 0 Å². The average molecular weight is 495 g/mol. The van der Waals surface area contributed by atoms with Gasteiger partial charge in [0.2, 0.25) is 0 Å². The van der Waals surface area contributed by atoms with Gasteiger partial charge in [0.25, 0.3) is 11.8 Å². The van der Waals surface area contributed by atoms with Crippen molar-refractivity contribution in [3.05, 3.63) is 93.8 Å². The van der Waals surface area contributed by atoms with Gasteiger partial charge in [0.15, 0.2) is 11.5 Å². The van der Waals surface area contributed by atoms with Gasteiger partial charge in [-0.1, -0.05) is 41.9 Å². The van der Waals surface area contributed by atoms with Gasteiger partial charge in [-0.2, -0.15) is 0 Å². The van der Waals surface area contributed by atoms with Crippen LogP contribution in [0.4, 0.5) is 14.9 Å². The first-order valence-corrected chi connectivity index (χ1v) is 10.9. The molecule has 0 unspecified atom stereocenters. The second kappa shape index (κ2) is 9.99. The molecule has 35 heavy (non-hydrogen) atoms. The molecule has 4 rings (SSSR count). The highest BCUT2D eigenvalue weighted by Gasteiger charge is 2.37. The number of rotatable bonds is 6. The lowest BCUT2D eigenvalue weighted by Crippen LogP contribution is -2.54. The third-order valence-corrected chi connectivity index (χ3v) is 5.76. The lowest BCUT2D eigenvalue weighted by Gasteiger charge is -2.26. The van der Waals surface area contributed by atoms with Gasteiger partial charge < -0.3 is 9.47 Å². The first-order chi connectivity index (χ1) is 16.8. The zero-order chi connectivity index (χ0) is 25.1. The lowest BCUT2D eigenvalue weighted by molar-refractivity contribution is -0.122. The Balaban J connectivity index is 1.61. The molecule has 4 amide bonds. The topological polar surface area (TPSA) is 84.9 Å². The normalized spacial score (nSPS) is 14.8. The molecule has 1 aliphatic heterocycles. The Hall–Kier alpha value is -4.17. The molecule has 0 radical (unpaired) electrons. The molecule has 1 aliphatic rings. The van der Waals surface area contributed by atoms with E-state index in [1.54, 1.807) is 55.5 Å². The van der Waals surface area contributed by atoms with E-state index in [9.17, 15) is 18.8 Å². The zero-order valence-corrected chi connectivity index (χ0v) is 19.6. The van der Waals surface area contributed by atoms with E-state index in [0.717, 1.165) is 10.5 Å². The maximum Gasteiger partial charge on any atom is 0.335 e. The average Bonchev–Trinajstić information content (AvgIpc) is 2.83. The molecule has 9 heteroatoms. The third kappa shape index (κ3) is 5.02. The van der Waals surface area contributed by atoms with Crippen molar-refractivity contribution in [2.24, 2.45) is 0 Å². The predicted octanol–water partition coefficient (Wildman–Crippen LogP) is 5.04. The number of carbonyl (C=O) groups excluding carboxylic acids is 3. The van der Waals surface area contributed by atoms with E-state index in [0.29, 0.717) is 27.6 Å². The number of methoxy groups -OCH3 is 1. The second-order valence-corrected chi connectivity index (χ2v) is 8.09. The number of carbonyl (C=O) groups is 3. The molecule has 0 spiro atoms. The van der Waals surface area contributed by atoms with Crippen molar-refractivity contribution in [2.75, 3.05) is 12.0 Å². The molecule has 0 bridgehead atoms. The number of halogens is 2. The van der Waals surface area contributed by atoms with Crippen LogP contribution in [-0.4, -0.2) is 25.0 Å². The smallest absolute Gasteiger partial charge is 0.335 e. The van der Waals surface area contributed by atoms with E-state index in [2.05, 4.69) is 5.32 Å². The Bertz CT molecular complexity index is 1370. The van der Waals surface area contributed by atoms with Crippen LogP contribution in [0, 0.1) is 12.7 Å². The number of barbiturate groups is 1. The Labute approximate surface area is 205 Å². The predicted molar refractivity (Wildman–Crippen MR) is 129 cm³/mol. The van der Waals surface area contributed by atoms with E-state index < -0.39 is 17.8 Å². The van der Waals surface area contributed by atoms with Gasteiger partial charge in [0.1, 0.15) is 18.0 Å². The van der Waals surface area contributed by atoms with E-state index in [1.165, 1.54) is 25.3 Å². The maximum absolute atomic E-state index is 13.9. The maximum atomic E-state index is 13.9. The van der Waals surface area contributed by atoms with Crippen LogP contribution in [0.3, 0.4) is 0 Å². The second-order valence-electron chi connectivity index (χ2n) is 7.68. The molecule has 7 nitrogen and oxygen atoms in total. The summed E-state index contributed by atoms with van der Waals surface area (Å²) in [5.41, 5.74) is 1.59. The van der Waals surface area contributed by atoms with Crippen molar-refractivity contribution in [2.45, 2.75) is 13.5 Å². The largest absolute Gasteiger partial charge is 0.493 e. The van der Waals surface area contributed by atoms with Gasteiger partial charge in [0, 0.05) is 10.6 Å². The highest BCUT2D eigenvalue weighted by atomic mass is 35.5. The molecule has 0 atom stereocenters. The molecule has 3 aromatic rings. The fourth-order valence-corrected chi connectivity index (χ4v) is 3.62. The van der Waals surface area contributed by atoms with Crippen LogP contribution in [0.1, 0.15) is 16.7 Å². The van der Waals surface area contributed by atoms with Crippen molar-refractivity contribution >= 4 is 41.2 Å². The Morgan fingerprint density at radius 3 is 2.51 bits per heavy atom. The fraction of sp³-hybridized carbons (Fsp3) is 0.115. The molecule has 0 saturated carbocycles. The summed E-state index contributed by atoms with van der Waals surface area (Å²) in [6.07, 6.45) is 1.34. The van der Waals surface area contributed by atoms with E-state index in [-0.39, 0.29) is 23.7 Å². The number of nitrogens with one attached hydrogen (secondary N) is 1. The number of aryl methyl sites for hydroxylation is 1. The molecular weight excluding hydrogens is 475 g/mol. The highest BCUT2D eigenvalue weighted by molar-refractivity contribution is 6.39.